The Hall–Kier alpha value is -2.92. The van der Waals surface area contributed by atoms with Crippen LogP contribution in [0.15, 0.2) is 30.3 Å². The molecule has 4 rings (SSSR count). The van der Waals surface area contributed by atoms with Crippen molar-refractivity contribution in [1.82, 2.24) is 5.32 Å². The van der Waals surface area contributed by atoms with E-state index >= 15 is 0 Å². The van der Waals surface area contributed by atoms with E-state index in [2.05, 4.69) is 19.2 Å². The highest BCUT2D eigenvalue weighted by atomic mass is 16.5. The number of hydrogen-bond acceptors (Lipinski definition) is 5. The second-order valence-corrected chi connectivity index (χ2v) is 7.84. The van der Waals surface area contributed by atoms with Gasteiger partial charge in [0, 0.05) is 23.2 Å². The smallest absolute Gasteiger partial charge is 0.132 e. The van der Waals surface area contributed by atoms with Crippen molar-refractivity contribution < 1.29 is 19.7 Å². The van der Waals surface area contributed by atoms with Crippen molar-refractivity contribution in [3.63, 3.8) is 0 Å². The molecule has 0 unspecified atom stereocenters. The average Bonchev–Trinajstić information content (AvgIpc) is 2.67. The van der Waals surface area contributed by atoms with Gasteiger partial charge in [-0.2, -0.15) is 0 Å². The lowest BCUT2D eigenvalue weighted by molar-refractivity contribution is 0.390. The van der Waals surface area contributed by atoms with Crippen molar-refractivity contribution in [2.45, 2.75) is 39.3 Å². The van der Waals surface area contributed by atoms with Crippen molar-refractivity contribution in [2.24, 2.45) is 0 Å². The maximum Gasteiger partial charge on any atom is 0.132 e. The van der Waals surface area contributed by atoms with Crippen LogP contribution in [-0.4, -0.2) is 30.5 Å². The van der Waals surface area contributed by atoms with Crippen LogP contribution in [0.2, 0.25) is 0 Å². The minimum absolute atomic E-state index is 0.0247. The molecule has 3 N–H and O–H groups in total. The number of fused-ring (bicyclic) bond motifs is 2. The molecule has 0 aliphatic carbocycles. The number of phenolic OH excluding ortho intramolecular Hbond substituents is 2. The molecule has 0 fully saturated rings. The number of nitrogens with one attached hydrogen (secondary N) is 1. The monoisotopic (exact) mass is 393 g/mol. The van der Waals surface area contributed by atoms with E-state index in [9.17, 15) is 10.2 Å². The molecule has 1 aliphatic rings. The fourth-order valence-electron chi connectivity index (χ4n) is 4.72. The summed E-state index contributed by atoms with van der Waals surface area (Å²) in [6.45, 7) is 6.18. The molecule has 0 bridgehead atoms. The lowest BCUT2D eigenvalue weighted by Gasteiger charge is -2.31. The summed E-state index contributed by atoms with van der Waals surface area (Å²) in [4.78, 5) is 0. The third-order valence-electron chi connectivity index (χ3n) is 5.87. The topological polar surface area (TPSA) is 71.0 Å². The fourth-order valence-corrected chi connectivity index (χ4v) is 4.72. The van der Waals surface area contributed by atoms with Crippen LogP contribution in [0.5, 0.6) is 23.0 Å². The zero-order valence-electron chi connectivity index (χ0n) is 17.5. The standard InChI is InChI=1S/C24H27NO4/c1-12-9-18(28-4)22-16(7-6-8-17(22)26)20(12)23-19(29-5)11-15-10-13(2)25-14(3)21(15)24(23)27/h6-9,11,13-14,25-27H,10H2,1-5H3/t13-,14-/m0/s1. The number of ether oxygens (including phenoxy) is 2. The molecule has 1 heterocycles. The van der Waals surface area contributed by atoms with Gasteiger partial charge < -0.3 is 25.0 Å². The van der Waals surface area contributed by atoms with E-state index in [-0.39, 0.29) is 17.5 Å². The molecule has 0 saturated heterocycles. The predicted octanol–water partition coefficient (Wildman–Crippen LogP) is 4.84. The van der Waals surface area contributed by atoms with Gasteiger partial charge in [-0.1, -0.05) is 12.1 Å². The van der Waals surface area contributed by atoms with Gasteiger partial charge in [0.2, 0.25) is 0 Å². The number of hydrogen-bond donors (Lipinski definition) is 3. The van der Waals surface area contributed by atoms with Crippen molar-refractivity contribution in [1.29, 1.82) is 0 Å². The van der Waals surface area contributed by atoms with Crippen LogP contribution in [0.25, 0.3) is 21.9 Å². The van der Waals surface area contributed by atoms with E-state index in [1.54, 1.807) is 26.4 Å². The van der Waals surface area contributed by atoms with E-state index in [1.165, 1.54) is 0 Å². The van der Waals surface area contributed by atoms with Gasteiger partial charge in [-0.3, -0.25) is 0 Å². The van der Waals surface area contributed by atoms with Gasteiger partial charge in [0.1, 0.15) is 23.0 Å². The number of aryl methyl sites for hydroxylation is 1. The van der Waals surface area contributed by atoms with E-state index in [4.69, 9.17) is 9.47 Å². The van der Waals surface area contributed by atoms with Crippen molar-refractivity contribution >= 4 is 10.8 Å². The molecule has 0 saturated carbocycles. The molecule has 0 spiro atoms. The predicted molar refractivity (Wildman–Crippen MR) is 115 cm³/mol. The normalized spacial score (nSPS) is 18.5. The summed E-state index contributed by atoms with van der Waals surface area (Å²) in [7, 11) is 3.21. The summed E-state index contributed by atoms with van der Waals surface area (Å²) in [6, 6.07) is 9.65. The van der Waals surface area contributed by atoms with Gasteiger partial charge in [-0.05, 0) is 61.9 Å². The Labute approximate surface area is 170 Å². The highest BCUT2D eigenvalue weighted by Gasteiger charge is 2.29. The molecule has 5 nitrogen and oxygen atoms in total. The average molecular weight is 393 g/mol. The van der Waals surface area contributed by atoms with Crippen LogP contribution < -0.4 is 14.8 Å². The molecule has 0 radical (unpaired) electrons. The van der Waals surface area contributed by atoms with Crippen LogP contribution in [0.3, 0.4) is 0 Å². The van der Waals surface area contributed by atoms with E-state index in [1.807, 2.05) is 25.1 Å². The number of benzene rings is 3. The third kappa shape index (κ3) is 2.97. The Morgan fingerprint density at radius 2 is 1.72 bits per heavy atom. The molecule has 1 aliphatic heterocycles. The lowest BCUT2D eigenvalue weighted by atomic mass is 9.84. The van der Waals surface area contributed by atoms with Crippen LogP contribution in [0.1, 0.15) is 36.6 Å². The first kappa shape index (κ1) is 19.4. The van der Waals surface area contributed by atoms with Gasteiger partial charge in [-0.15, -0.1) is 0 Å². The minimum Gasteiger partial charge on any atom is -0.507 e. The summed E-state index contributed by atoms with van der Waals surface area (Å²) in [5, 5.41) is 26.9. The molecular formula is C24H27NO4. The van der Waals surface area contributed by atoms with Gasteiger partial charge in [0.05, 0.1) is 25.2 Å². The summed E-state index contributed by atoms with van der Waals surface area (Å²) >= 11 is 0. The summed E-state index contributed by atoms with van der Waals surface area (Å²) in [6.07, 6.45) is 0.826. The van der Waals surface area contributed by atoms with Crippen LogP contribution in [0.4, 0.5) is 0 Å². The Bertz CT molecular complexity index is 1110. The zero-order chi connectivity index (χ0) is 20.9. The quantitative estimate of drug-likeness (QED) is 0.594. The van der Waals surface area contributed by atoms with Crippen molar-refractivity contribution in [3.05, 3.63) is 47.0 Å². The molecule has 2 atom stereocenters. The van der Waals surface area contributed by atoms with Crippen LogP contribution in [0, 0.1) is 6.92 Å². The van der Waals surface area contributed by atoms with Gasteiger partial charge >= 0.3 is 0 Å². The highest BCUT2D eigenvalue weighted by molar-refractivity contribution is 6.06. The lowest BCUT2D eigenvalue weighted by Crippen LogP contribution is -2.36. The maximum absolute atomic E-state index is 11.4. The largest absolute Gasteiger partial charge is 0.507 e. The Morgan fingerprint density at radius 1 is 1.00 bits per heavy atom. The Morgan fingerprint density at radius 3 is 2.41 bits per heavy atom. The van der Waals surface area contributed by atoms with E-state index in [0.717, 1.165) is 34.1 Å². The first-order chi connectivity index (χ1) is 13.9. The summed E-state index contributed by atoms with van der Waals surface area (Å²) < 4.78 is 11.3. The van der Waals surface area contributed by atoms with Gasteiger partial charge in [0.25, 0.3) is 0 Å². The van der Waals surface area contributed by atoms with Gasteiger partial charge in [0.15, 0.2) is 0 Å². The Balaban J connectivity index is 2.11. The van der Waals surface area contributed by atoms with Gasteiger partial charge in [-0.25, -0.2) is 0 Å². The highest BCUT2D eigenvalue weighted by Crippen LogP contribution is 2.50. The molecule has 29 heavy (non-hydrogen) atoms. The van der Waals surface area contributed by atoms with E-state index < -0.39 is 0 Å². The molecule has 0 aromatic heterocycles. The minimum atomic E-state index is 0.0247. The molecule has 3 aromatic carbocycles. The van der Waals surface area contributed by atoms with Crippen molar-refractivity contribution in [3.8, 4) is 34.1 Å². The summed E-state index contributed by atoms with van der Waals surface area (Å²) in [5.41, 5.74) is 4.41. The molecule has 3 aromatic rings. The molecule has 152 valence electrons. The second-order valence-electron chi connectivity index (χ2n) is 7.84. The second kappa shape index (κ2) is 7.16. The Kier molecular flexibility index (Phi) is 4.79. The number of methoxy groups -OCH3 is 2. The fraction of sp³-hybridized carbons (Fsp3) is 0.333. The first-order valence-corrected chi connectivity index (χ1v) is 9.85. The molecule has 5 heteroatoms. The first-order valence-electron chi connectivity index (χ1n) is 9.85. The zero-order valence-corrected chi connectivity index (χ0v) is 17.5. The number of aromatic hydroxyl groups is 2. The number of rotatable bonds is 3. The third-order valence-corrected chi connectivity index (χ3v) is 5.87. The number of phenols is 2. The SMILES string of the molecule is COc1cc2c(c(O)c1-c1c(C)cc(OC)c3c(O)cccc13)[C@H](C)N[C@@H](C)C2. The maximum atomic E-state index is 11.4. The molecular weight excluding hydrogens is 366 g/mol. The van der Waals surface area contributed by atoms with Crippen molar-refractivity contribution in [2.75, 3.05) is 14.2 Å². The molecule has 0 amide bonds. The summed E-state index contributed by atoms with van der Waals surface area (Å²) in [5.74, 6) is 1.59. The van der Waals surface area contributed by atoms with E-state index in [0.29, 0.717) is 28.5 Å². The van der Waals surface area contributed by atoms with Crippen LogP contribution in [-0.2, 0) is 6.42 Å². The van der Waals surface area contributed by atoms with Crippen LogP contribution >= 0.6 is 0 Å².